The van der Waals surface area contributed by atoms with Crippen molar-refractivity contribution in [2.75, 3.05) is 12.0 Å². The number of aliphatic hydroxyl groups excluding tert-OH is 1. The smallest absolute Gasteiger partial charge is 0.296 e. The largest absolute Gasteiger partial charge is 0.503 e. The van der Waals surface area contributed by atoms with E-state index in [2.05, 4.69) is 31.0 Å². The number of ether oxygens (including phenoxy) is 1. The Morgan fingerprint density at radius 2 is 1.66 bits per heavy atom. The third kappa shape index (κ3) is 4.85. The summed E-state index contributed by atoms with van der Waals surface area (Å²) in [5.41, 5.74) is 2.19. The van der Waals surface area contributed by atoms with Crippen molar-refractivity contribution in [2.45, 2.75) is 70.3 Å². The minimum absolute atomic E-state index is 0.0399. The predicted molar refractivity (Wildman–Crippen MR) is 148 cm³/mol. The molecule has 0 saturated heterocycles. The van der Waals surface area contributed by atoms with Crippen LogP contribution in [-0.4, -0.2) is 34.1 Å². The summed E-state index contributed by atoms with van der Waals surface area (Å²) in [6, 6.07) is 13.7. The van der Waals surface area contributed by atoms with Gasteiger partial charge in [0.25, 0.3) is 5.91 Å². The van der Waals surface area contributed by atoms with Gasteiger partial charge < -0.3 is 9.84 Å². The fourth-order valence-corrected chi connectivity index (χ4v) is 6.29. The van der Waals surface area contributed by atoms with Gasteiger partial charge in [0.1, 0.15) is 10.8 Å². The number of aromatic nitrogens is 2. The molecule has 8 heteroatoms. The Hall–Kier alpha value is -3.52. The van der Waals surface area contributed by atoms with E-state index in [9.17, 15) is 14.7 Å². The number of rotatable bonds is 6. The molecule has 1 N–H and O–H groups in total. The number of amides is 1. The maximum atomic E-state index is 13.8. The molecule has 2 aromatic carbocycles. The second-order valence-corrected chi connectivity index (χ2v) is 12.0. The Morgan fingerprint density at radius 3 is 2.26 bits per heavy atom. The van der Waals surface area contributed by atoms with Gasteiger partial charge in [-0.25, -0.2) is 0 Å². The zero-order valence-corrected chi connectivity index (χ0v) is 23.0. The molecular formula is C30H33N3O4S. The van der Waals surface area contributed by atoms with Crippen LogP contribution in [0.25, 0.3) is 0 Å². The molecule has 2 heterocycles. The van der Waals surface area contributed by atoms with Crippen LogP contribution in [0.3, 0.4) is 0 Å². The average molecular weight is 532 g/mol. The maximum absolute atomic E-state index is 13.8. The fraction of sp³-hybridized carbons (Fsp3) is 0.400. The first-order chi connectivity index (χ1) is 18.2. The maximum Gasteiger partial charge on any atom is 0.296 e. The highest BCUT2D eigenvalue weighted by Crippen LogP contribution is 2.45. The lowest BCUT2D eigenvalue weighted by Gasteiger charge is -2.25. The second-order valence-electron chi connectivity index (χ2n) is 11.0. The topological polar surface area (TPSA) is 92.6 Å². The molecular weight excluding hydrogens is 498 g/mol. The minimum Gasteiger partial charge on any atom is -0.503 e. The van der Waals surface area contributed by atoms with Crippen molar-refractivity contribution in [1.29, 1.82) is 0 Å². The van der Waals surface area contributed by atoms with Gasteiger partial charge in [0, 0.05) is 11.5 Å². The summed E-state index contributed by atoms with van der Waals surface area (Å²) in [6.45, 7) is 6.39. The summed E-state index contributed by atoms with van der Waals surface area (Å²) in [5, 5.41) is 21.2. The molecule has 2 aliphatic rings. The third-order valence-electron chi connectivity index (χ3n) is 7.49. The zero-order chi connectivity index (χ0) is 27.0. The van der Waals surface area contributed by atoms with Gasteiger partial charge in [-0.2, -0.15) is 0 Å². The van der Waals surface area contributed by atoms with Crippen LogP contribution in [0.15, 0.2) is 59.9 Å². The van der Waals surface area contributed by atoms with Gasteiger partial charge in [0.15, 0.2) is 11.5 Å². The second kappa shape index (κ2) is 10.3. The first kappa shape index (κ1) is 26.1. The fourth-order valence-electron chi connectivity index (χ4n) is 5.25. The normalized spacial score (nSPS) is 18.8. The molecule has 0 bridgehead atoms. The summed E-state index contributed by atoms with van der Waals surface area (Å²) >= 11 is 1.38. The molecule has 1 saturated carbocycles. The first-order valence-electron chi connectivity index (χ1n) is 13.1. The number of Topliss-reactive ketones (excluding diaryl/α,β-unsaturated/α-hetero) is 1. The van der Waals surface area contributed by atoms with E-state index in [0.717, 1.165) is 41.8 Å². The lowest BCUT2D eigenvalue weighted by molar-refractivity contribution is -0.117. The van der Waals surface area contributed by atoms with Crippen LogP contribution in [0, 0.1) is 0 Å². The van der Waals surface area contributed by atoms with E-state index in [-0.39, 0.29) is 11.0 Å². The highest BCUT2D eigenvalue weighted by atomic mass is 32.1. The number of ketones is 1. The number of hydrogen-bond acceptors (Lipinski definition) is 7. The Morgan fingerprint density at radius 1 is 1.00 bits per heavy atom. The molecule has 1 aromatic heterocycles. The number of methoxy groups -OCH3 is 1. The molecule has 1 fully saturated rings. The van der Waals surface area contributed by atoms with Crippen molar-refractivity contribution in [2.24, 2.45) is 0 Å². The molecule has 1 atom stereocenters. The van der Waals surface area contributed by atoms with Gasteiger partial charge in [-0.1, -0.05) is 75.6 Å². The molecule has 38 heavy (non-hydrogen) atoms. The van der Waals surface area contributed by atoms with Crippen LogP contribution in [-0.2, 0) is 10.2 Å². The van der Waals surface area contributed by atoms with Gasteiger partial charge in [0.2, 0.25) is 5.13 Å². The van der Waals surface area contributed by atoms with Crippen LogP contribution in [0.4, 0.5) is 5.13 Å². The third-order valence-corrected chi connectivity index (χ3v) is 8.57. The lowest BCUT2D eigenvalue weighted by atomic mass is 9.85. The zero-order valence-electron chi connectivity index (χ0n) is 22.2. The van der Waals surface area contributed by atoms with Crippen LogP contribution in [0.2, 0.25) is 0 Å². The van der Waals surface area contributed by atoms with Crippen LogP contribution < -0.4 is 9.64 Å². The lowest BCUT2D eigenvalue weighted by Crippen LogP contribution is -2.31. The monoisotopic (exact) mass is 531 g/mol. The summed E-state index contributed by atoms with van der Waals surface area (Å²) in [4.78, 5) is 28.7. The summed E-state index contributed by atoms with van der Waals surface area (Å²) in [5.74, 6) is -0.660. The SMILES string of the molecule is COc1ccc(C(=O)C2=C(O)C(=O)N(c3nnc(C4CCCCC4)s3)C2c2ccc(C(C)(C)C)cc2)cc1. The molecule has 0 radical (unpaired) electrons. The number of carbonyl (C=O) groups excluding carboxylic acids is 2. The number of carbonyl (C=O) groups is 2. The highest BCUT2D eigenvalue weighted by Gasteiger charge is 2.46. The molecule has 5 rings (SSSR count). The summed E-state index contributed by atoms with van der Waals surface area (Å²) in [7, 11) is 1.56. The highest BCUT2D eigenvalue weighted by molar-refractivity contribution is 7.15. The standard InChI is InChI=1S/C30H33N3O4S/c1-30(2,3)21-14-10-18(11-15-21)24-23(25(34)19-12-16-22(37-4)17-13-19)26(35)28(36)33(24)29-32-31-27(38-29)20-8-6-5-7-9-20/h10-17,20,24,35H,5-9H2,1-4H3. The minimum atomic E-state index is -0.821. The van der Waals surface area contributed by atoms with E-state index in [4.69, 9.17) is 4.74 Å². The quantitative estimate of drug-likeness (QED) is 0.357. The van der Waals surface area contributed by atoms with Gasteiger partial charge in [0.05, 0.1) is 18.7 Å². The number of aliphatic hydroxyl groups is 1. The average Bonchev–Trinajstić information content (AvgIpc) is 3.51. The Bertz CT molecular complexity index is 1360. The van der Waals surface area contributed by atoms with Crippen LogP contribution >= 0.6 is 11.3 Å². The molecule has 3 aromatic rings. The molecule has 1 aliphatic heterocycles. The van der Waals surface area contributed by atoms with Gasteiger partial charge >= 0.3 is 0 Å². The summed E-state index contributed by atoms with van der Waals surface area (Å²) in [6.07, 6.45) is 5.67. The van der Waals surface area contributed by atoms with Gasteiger partial charge in [-0.15, -0.1) is 10.2 Å². The van der Waals surface area contributed by atoms with Crippen LogP contribution in [0.5, 0.6) is 5.75 Å². The molecule has 1 aliphatic carbocycles. The van der Waals surface area contributed by atoms with Gasteiger partial charge in [-0.05, 0) is 53.6 Å². The van der Waals surface area contributed by atoms with E-state index in [0.29, 0.717) is 22.4 Å². The molecule has 0 spiro atoms. The molecule has 7 nitrogen and oxygen atoms in total. The van der Waals surface area contributed by atoms with Crippen molar-refractivity contribution in [1.82, 2.24) is 10.2 Å². The van der Waals surface area contributed by atoms with Crippen molar-refractivity contribution in [3.63, 3.8) is 0 Å². The Balaban J connectivity index is 1.57. The van der Waals surface area contributed by atoms with Crippen molar-refractivity contribution >= 4 is 28.2 Å². The van der Waals surface area contributed by atoms with E-state index >= 15 is 0 Å². The van der Waals surface area contributed by atoms with Crippen molar-refractivity contribution in [3.8, 4) is 5.75 Å². The molecule has 1 amide bonds. The molecule has 1 unspecified atom stereocenters. The van der Waals surface area contributed by atoms with E-state index < -0.39 is 23.5 Å². The number of benzene rings is 2. The Labute approximate surface area is 227 Å². The Kier molecular flexibility index (Phi) is 7.09. The number of anilines is 1. The molecule has 198 valence electrons. The van der Waals surface area contributed by atoms with E-state index in [1.807, 2.05) is 24.3 Å². The number of nitrogens with zero attached hydrogens (tertiary/aromatic N) is 3. The van der Waals surface area contributed by atoms with E-state index in [1.165, 1.54) is 22.7 Å². The first-order valence-corrected chi connectivity index (χ1v) is 13.9. The van der Waals surface area contributed by atoms with Crippen LogP contribution in [0.1, 0.15) is 91.3 Å². The van der Waals surface area contributed by atoms with Crippen molar-refractivity contribution in [3.05, 3.63) is 81.6 Å². The number of hydrogen-bond donors (Lipinski definition) is 1. The van der Waals surface area contributed by atoms with Crippen molar-refractivity contribution < 1.29 is 19.4 Å². The summed E-state index contributed by atoms with van der Waals surface area (Å²) < 4.78 is 5.22. The van der Waals surface area contributed by atoms with Gasteiger partial charge in [-0.3, -0.25) is 14.5 Å². The van der Waals surface area contributed by atoms with E-state index in [1.54, 1.807) is 31.4 Å². The predicted octanol–water partition coefficient (Wildman–Crippen LogP) is 6.67.